The summed E-state index contributed by atoms with van der Waals surface area (Å²) < 4.78 is 11.1. The lowest BCUT2D eigenvalue weighted by atomic mass is 10.1. The van der Waals surface area contributed by atoms with Gasteiger partial charge in [0.25, 0.3) is 5.89 Å². The second-order valence-electron chi connectivity index (χ2n) is 8.45. The van der Waals surface area contributed by atoms with Gasteiger partial charge in [-0.15, -0.1) is 0 Å². The minimum absolute atomic E-state index is 0.0288. The molecule has 32 heavy (non-hydrogen) atoms. The number of aromatic nitrogens is 2. The summed E-state index contributed by atoms with van der Waals surface area (Å²) in [5.41, 5.74) is 3.54. The molecule has 0 spiro atoms. The summed E-state index contributed by atoms with van der Waals surface area (Å²) in [6, 6.07) is 11.5. The fourth-order valence-corrected chi connectivity index (χ4v) is 4.24. The van der Waals surface area contributed by atoms with Crippen molar-refractivity contribution in [1.29, 1.82) is 0 Å². The van der Waals surface area contributed by atoms with Gasteiger partial charge < -0.3 is 19.7 Å². The van der Waals surface area contributed by atoms with Crippen LogP contribution in [0.2, 0.25) is 5.02 Å². The van der Waals surface area contributed by atoms with Crippen molar-refractivity contribution in [3.8, 4) is 28.6 Å². The maximum Gasteiger partial charge on any atom is 0.306 e. The molecular formula is C24H26ClN3O4. The summed E-state index contributed by atoms with van der Waals surface area (Å²) in [6.07, 6.45) is 2.24. The highest BCUT2D eigenvalue weighted by atomic mass is 35.5. The summed E-state index contributed by atoms with van der Waals surface area (Å²) in [5, 5.41) is 17.3. The van der Waals surface area contributed by atoms with E-state index in [9.17, 15) is 9.90 Å². The number of carboxylic acids is 1. The van der Waals surface area contributed by atoms with E-state index in [1.54, 1.807) is 12.1 Å². The van der Waals surface area contributed by atoms with Crippen molar-refractivity contribution in [3.63, 3.8) is 0 Å². The number of halogens is 1. The summed E-state index contributed by atoms with van der Waals surface area (Å²) in [6.45, 7) is 5.87. The van der Waals surface area contributed by atoms with Crippen LogP contribution in [-0.2, 0) is 4.79 Å². The van der Waals surface area contributed by atoms with Crippen LogP contribution in [0.3, 0.4) is 0 Å². The Labute approximate surface area is 191 Å². The highest BCUT2D eigenvalue weighted by molar-refractivity contribution is 6.32. The Morgan fingerprint density at radius 2 is 2.06 bits per heavy atom. The standard InChI is InChI=1S/C24H26ClN3O4/c1-13(2)31-21-9-5-15(12-20(21)25)23-27-22(28-32-23)19-8-7-17(10-14(19)3)26-18-6-4-16(11-18)24(29)30/h5,7-10,12-13,16,18,26H,4,6,11H2,1-3H3,(H,29,30)/t16?,18-/m0/s1. The number of aryl methyl sites for hydroxylation is 1. The molecule has 0 saturated heterocycles. The van der Waals surface area contributed by atoms with Gasteiger partial charge in [-0.3, -0.25) is 4.79 Å². The van der Waals surface area contributed by atoms with Crippen LogP contribution >= 0.6 is 11.6 Å². The number of hydrogen-bond acceptors (Lipinski definition) is 6. The first kappa shape index (κ1) is 22.1. The third-order valence-corrected chi connectivity index (χ3v) is 5.88. The monoisotopic (exact) mass is 455 g/mol. The number of hydrogen-bond donors (Lipinski definition) is 2. The van der Waals surface area contributed by atoms with Crippen LogP contribution in [0, 0.1) is 12.8 Å². The first-order valence-electron chi connectivity index (χ1n) is 10.7. The Hall–Kier alpha value is -3.06. The van der Waals surface area contributed by atoms with Gasteiger partial charge in [-0.25, -0.2) is 0 Å². The molecule has 0 radical (unpaired) electrons. The van der Waals surface area contributed by atoms with Gasteiger partial charge in [0.1, 0.15) is 5.75 Å². The molecule has 1 heterocycles. The second kappa shape index (κ2) is 9.20. The van der Waals surface area contributed by atoms with Gasteiger partial charge in [0.2, 0.25) is 5.82 Å². The molecule has 8 heteroatoms. The lowest BCUT2D eigenvalue weighted by molar-refractivity contribution is -0.141. The molecule has 0 bridgehead atoms. The van der Waals surface area contributed by atoms with Crippen LogP contribution in [0.4, 0.5) is 5.69 Å². The van der Waals surface area contributed by atoms with E-state index < -0.39 is 5.97 Å². The fraction of sp³-hybridized carbons (Fsp3) is 0.375. The number of anilines is 1. The van der Waals surface area contributed by atoms with Gasteiger partial charge in [-0.1, -0.05) is 16.8 Å². The van der Waals surface area contributed by atoms with Crippen molar-refractivity contribution in [1.82, 2.24) is 10.1 Å². The van der Waals surface area contributed by atoms with Crippen LogP contribution in [0.15, 0.2) is 40.9 Å². The second-order valence-corrected chi connectivity index (χ2v) is 8.86. The van der Waals surface area contributed by atoms with Crippen molar-refractivity contribution in [2.75, 3.05) is 5.32 Å². The quantitative estimate of drug-likeness (QED) is 0.463. The van der Waals surface area contributed by atoms with Gasteiger partial charge in [0.15, 0.2) is 0 Å². The van der Waals surface area contributed by atoms with Gasteiger partial charge in [-0.2, -0.15) is 4.98 Å². The van der Waals surface area contributed by atoms with E-state index in [0.717, 1.165) is 28.8 Å². The van der Waals surface area contributed by atoms with Crippen LogP contribution in [0.25, 0.3) is 22.8 Å². The molecule has 168 valence electrons. The molecule has 1 saturated carbocycles. The van der Waals surface area contributed by atoms with Crippen LogP contribution in [0.5, 0.6) is 5.75 Å². The molecule has 1 fully saturated rings. The number of rotatable bonds is 7. The van der Waals surface area contributed by atoms with E-state index in [2.05, 4.69) is 15.5 Å². The average molecular weight is 456 g/mol. The van der Waals surface area contributed by atoms with Gasteiger partial charge in [0, 0.05) is 22.9 Å². The smallest absolute Gasteiger partial charge is 0.306 e. The lowest BCUT2D eigenvalue weighted by Crippen LogP contribution is -2.17. The minimum Gasteiger partial charge on any atom is -0.489 e. The Balaban J connectivity index is 1.48. The predicted octanol–water partition coefficient (Wildman–Crippen LogP) is 5.82. The van der Waals surface area contributed by atoms with E-state index >= 15 is 0 Å². The number of ether oxygens (including phenoxy) is 1. The third kappa shape index (κ3) is 4.88. The highest BCUT2D eigenvalue weighted by Gasteiger charge is 2.29. The third-order valence-electron chi connectivity index (χ3n) is 5.59. The fourth-order valence-electron chi connectivity index (χ4n) is 4.01. The molecule has 1 aromatic heterocycles. The van der Waals surface area contributed by atoms with Crippen molar-refractivity contribution >= 4 is 23.3 Å². The molecule has 3 aromatic rings. The number of nitrogens with zero attached hydrogens (tertiary/aromatic N) is 2. The van der Waals surface area contributed by atoms with Crippen molar-refractivity contribution in [2.24, 2.45) is 5.92 Å². The molecule has 4 rings (SSSR count). The zero-order chi connectivity index (χ0) is 22.8. The Kier molecular flexibility index (Phi) is 6.37. The summed E-state index contributed by atoms with van der Waals surface area (Å²) in [4.78, 5) is 15.7. The number of aliphatic carboxylic acids is 1. The number of nitrogens with one attached hydrogen (secondary N) is 1. The van der Waals surface area contributed by atoms with Crippen LogP contribution < -0.4 is 10.1 Å². The summed E-state index contributed by atoms with van der Waals surface area (Å²) in [5.74, 6) is 0.517. The van der Waals surface area contributed by atoms with Crippen molar-refractivity contribution in [3.05, 3.63) is 47.0 Å². The van der Waals surface area contributed by atoms with Crippen LogP contribution in [0.1, 0.15) is 38.7 Å². The van der Waals surface area contributed by atoms with Gasteiger partial charge in [-0.05, 0) is 82.0 Å². The zero-order valence-electron chi connectivity index (χ0n) is 18.3. The van der Waals surface area contributed by atoms with E-state index in [1.807, 2.05) is 45.0 Å². The number of carboxylic acid groups (broad SMARTS) is 1. The average Bonchev–Trinajstić information content (AvgIpc) is 3.39. The normalized spacial score (nSPS) is 18.2. The largest absolute Gasteiger partial charge is 0.489 e. The van der Waals surface area contributed by atoms with E-state index in [-0.39, 0.29) is 18.1 Å². The highest BCUT2D eigenvalue weighted by Crippen LogP contribution is 2.33. The SMILES string of the molecule is Cc1cc(N[C@H]2CCC(C(=O)O)C2)ccc1-c1noc(-c2ccc(OC(C)C)c(Cl)c2)n1. The summed E-state index contributed by atoms with van der Waals surface area (Å²) >= 11 is 6.33. The first-order valence-corrected chi connectivity index (χ1v) is 11.1. The molecule has 2 atom stereocenters. The molecule has 7 nitrogen and oxygen atoms in total. The van der Waals surface area contributed by atoms with Gasteiger partial charge in [0.05, 0.1) is 17.0 Å². The van der Waals surface area contributed by atoms with E-state index in [1.165, 1.54) is 0 Å². The van der Waals surface area contributed by atoms with Crippen molar-refractivity contribution in [2.45, 2.75) is 52.2 Å². The van der Waals surface area contributed by atoms with Gasteiger partial charge >= 0.3 is 5.97 Å². The Bertz CT molecular complexity index is 1130. The van der Waals surface area contributed by atoms with E-state index in [4.69, 9.17) is 20.9 Å². The predicted molar refractivity (Wildman–Crippen MR) is 123 cm³/mol. The molecular weight excluding hydrogens is 430 g/mol. The molecule has 1 aliphatic rings. The van der Waals surface area contributed by atoms with Crippen LogP contribution in [-0.4, -0.2) is 33.4 Å². The molecule has 1 unspecified atom stereocenters. The summed E-state index contributed by atoms with van der Waals surface area (Å²) in [7, 11) is 0. The van der Waals surface area contributed by atoms with E-state index in [0.29, 0.717) is 35.3 Å². The maximum absolute atomic E-state index is 11.2. The molecule has 1 aliphatic carbocycles. The Morgan fingerprint density at radius 3 is 2.72 bits per heavy atom. The topological polar surface area (TPSA) is 97.5 Å². The lowest BCUT2D eigenvalue weighted by Gasteiger charge is -2.15. The number of carbonyl (C=O) groups is 1. The molecule has 0 aliphatic heterocycles. The minimum atomic E-state index is -0.711. The zero-order valence-corrected chi connectivity index (χ0v) is 19.0. The molecule has 2 aromatic carbocycles. The number of benzene rings is 2. The molecule has 2 N–H and O–H groups in total. The first-order chi connectivity index (χ1) is 15.3. The maximum atomic E-state index is 11.2. The molecule has 0 amide bonds. The van der Waals surface area contributed by atoms with Crippen molar-refractivity contribution < 1.29 is 19.2 Å². The Morgan fingerprint density at radius 1 is 1.25 bits per heavy atom.